The maximum atomic E-state index is 13.1. The van der Waals surface area contributed by atoms with E-state index >= 15 is 0 Å². The van der Waals surface area contributed by atoms with Crippen LogP contribution in [0.2, 0.25) is 0 Å². The predicted octanol–water partition coefficient (Wildman–Crippen LogP) is 3.01. The Labute approximate surface area is 101 Å². The molecule has 0 saturated heterocycles. The van der Waals surface area contributed by atoms with Crippen LogP contribution in [0, 0.1) is 5.82 Å². The summed E-state index contributed by atoms with van der Waals surface area (Å²) in [6.07, 6.45) is 7.16. The van der Waals surface area contributed by atoms with E-state index in [1.807, 2.05) is 11.8 Å². The second-order valence-electron chi connectivity index (χ2n) is 3.72. The molecule has 1 unspecified atom stereocenters. The summed E-state index contributed by atoms with van der Waals surface area (Å²) in [5, 5.41) is 3.43. The van der Waals surface area contributed by atoms with Crippen molar-refractivity contribution < 1.29 is 4.39 Å². The third kappa shape index (κ3) is 4.49. The standard InChI is InChI=1S/C12H19FN2S/c1-3-5-15-12(4-6-16-2)10-7-11(13)9-14-8-10/h7-9,12,15H,3-6H2,1-2H3. The Kier molecular flexibility index (Phi) is 6.42. The van der Waals surface area contributed by atoms with Crippen molar-refractivity contribution in [1.29, 1.82) is 0 Å². The minimum atomic E-state index is -0.259. The van der Waals surface area contributed by atoms with Gasteiger partial charge in [-0.2, -0.15) is 11.8 Å². The lowest BCUT2D eigenvalue weighted by atomic mass is 10.1. The summed E-state index contributed by atoms with van der Waals surface area (Å²) in [5.41, 5.74) is 0.947. The lowest BCUT2D eigenvalue weighted by Crippen LogP contribution is -2.23. The van der Waals surface area contributed by atoms with Crippen LogP contribution in [0.1, 0.15) is 31.4 Å². The molecule has 16 heavy (non-hydrogen) atoms. The maximum absolute atomic E-state index is 13.1. The fraction of sp³-hybridized carbons (Fsp3) is 0.583. The topological polar surface area (TPSA) is 24.9 Å². The number of nitrogens with one attached hydrogen (secondary N) is 1. The first-order valence-electron chi connectivity index (χ1n) is 5.60. The van der Waals surface area contributed by atoms with Gasteiger partial charge in [-0.3, -0.25) is 4.98 Å². The predicted molar refractivity (Wildman–Crippen MR) is 68.2 cm³/mol. The number of thioether (sulfide) groups is 1. The number of nitrogens with zero attached hydrogens (tertiary/aromatic N) is 1. The first kappa shape index (κ1) is 13.5. The van der Waals surface area contributed by atoms with Crippen molar-refractivity contribution >= 4 is 11.8 Å². The average molecular weight is 242 g/mol. The summed E-state index contributed by atoms with van der Waals surface area (Å²) in [4.78, 5) is 3.90. The first-order chi connectivity index (χ1) is 7.77. The van der Waals surface area contributed by atoms with Crippen molar-refractivity contribution in [2.45, 2.75) is 25.8 Å². The van der Waals surface area contributed by atoms with E-state index in [2.05, 4.69) is 23.5 Å². The molecule has 1 heterocycles. The van der Waals surface area contributed by atoms with E-state index in [4.69, 9.17) is 0 Å². The van der Waals surface area contributed by atoms with Gasteiger partial charge in [0.25, 0.3) is 0 Å². The molecule has 1 N–H and O–H groups in total. The van der Waals surface area contributed by atoms with Gasteiger partial charge in [-0.25, -0.2) is 4.39 Å². The van der Waals surface area contributed by atoms with Gasteiger partial charge in [0.2, 0.25) is 0 Å². The van der Waals surface area contributed by atoms with Gasteiger partial charge in [-0.05, 0) is 43.0 Å². The minimum Gasteiger partial charge on any atom is -0.310 e. The Balaban J connectivity index is 2.66. The smallest absolute Gasteiger partial charge is 0.141 e. The van der Waals surface area contributed by atoms with Crippen molar-refractivity contribution in [3.8, 4) is 0 Å². The first-order valence-corrected chi connectivity index (χ1v) is 7.00. The zero-order valence-electron chi connectivity index (χ0n) is 9.87. The molecule has 0 amide bonds. The fourth-order valence-corrected chi connectivity index (χ4v) is 2.03. The van der Waals surface area contributed by atoms with Crippen LogP contribution in [0.5, 0.6) is 0 Å². The summed E-state index contributed by atoms with van der Waals surface area (Å²) in [6, 6.07) is 1.79. The molecule has 0 bridgehead atoms. The molecular weight excluding hydrogens is 223 g/mol. The number of hydrogen-bond donors (Lipinski definition) is 1. The average Bonchev–Trinajstić information content (AvgIpc) is 2.29. The maximum Gasteiger partial charge on any atom is 0.141 e. The molecule has 0 aliphatic carbocycles. The van der Waals surface area contributed by atoms with E-state index in [0.717, 1.165) is 30.7 Å². The quantitative estimate of drug-likeness (QED) is 0.795. The Morgan fingerprint density at radius 3 is 2.94 bits per heavy atom. The highest BCUT2D eigenvalue weighted by Gasteiger charge is 2.11. The second kappa shape index (κ2) is 7.63. The van der Waals surface area contributed by atoms with Gasteiger partial charge < -0.3 is 5.32 Å². The number of halogens is 1. The van der Waals surface area contributed by atoms with Crippen LogP contribution in [-0.4, -0.2) is 23.5 Å². The highest BCUT2D eigenvalue weighted by atomic mass is 32.2. The third-order valence-corrected chi connectivity index (χ3v) is 3.02. The van der Waals surface area contributed by atoms with Gasteiger partial charge in [-0.15, -0.1) is 0 Å². The fourth-order valence-electron chi connectivity index (χ4n) is 1.56. The van der Waals surface area contributed by atoms with Gasteiger partial charge in [0.1, 0.15) is 5.82 Å². The Hall–Kier alpha value is -0.610. The van der Waals surface area contributed by atoms with E-state index in [1.54, 1.807) is 12.3 Å². The number of aromatic nitrogens is 1. The van der Waals surface area contributed by atoms with Crippen molar-refractivity contribution in [2.75, 3.05) is 18.6 Å². The normalized spacial score (nSPS) is 12.7. The molecule has 1 atom stereocenters. The lowest BCUT2D eigenvalue weighted by Gasteiger charge is -2.18. The van der Waals surface area contributed by atoms with Crippen LogP contribution >= 0.6 is 11.8 Å². The van der Waals surface area contributed by atoms with E-state index < -0.39 is 0 Å². The number of pyridine rings is 1. The summed E-state index contributed by atoms with van der Waals surface area (Å²) in [5.74, 6) is 0.808. The highest BCUT2D eigenvalue weighted by molar-refractivity contribution is 7.98. The molecule has 0 spiro atoms. The zero-order valence-corrected chi connectivity index (χ0v) is 10.7. The summed E-state index contributed by atoms with van der Waals surface area (Å²) >= 11 is 1.81. The monoisotopic (exact) mass is 242 g/mol. The highest BCUT2D eigenvalue weighted by Crippen LogP contribution is 2.18. The second-order valence-corrected chi connectivity index (χ2v) is 4.71. The van der Waals surface area contributed by atoms with E-state index in [9.17, 15) is 4.39 Å². The van der Waals surface area contributed by atoms with Gasteiger partial charge in [0.15, 0.2) is 0 Å². The lowest BCUT2D eigenvalue weighted by molar-refractivity contribution is 0.514. The molecule has 1 aromatic heterocycles. The molecule has 1 aromatic rings. The van der Waals surface area contributed by atoms with Crippen molar-refractivity contribution in [2.24, 2.45) is 0 Å². The summed E-state index contributed by atoms with van der Waals surface area (Å²) in [7, 11) is 0. The molecule has 4 heteroatoms. The molecule has 90 valence electrons. The molecule has 0 fully saturated rings. The Bertz CT molecular complexity index is 299. The number of hydrogen-bond acceptors (Lipinski definition) is 3. The molecule has 2 nitrogen and oxygen atoms in total. The van der Waals surface area contributed by atoms with E-state index in [-0.39, 0.29) is 11.9 Å². The zero-order chi connectivity index (χ0) is 11.8. The molecule has 1 rings (SSSR count). The third-order valence-electron chi connectivity index (χ3n) is 2.38. The van der Waals surface area contributed by atoms with Crippen LogP contribution < -0.4 is 5.32 Å². The van der Waals surface area contributed by atoms with Crippen LogP contribution in [-0.2, 0) is 0 Å². The van der Waals surface area contributed by atoms with Crippen molar-refractivity contribution in [1.82, 2.24) is 10.3 Å². The molecule has 0 aromatic carbocycles. The van der Waals surface area contributed by atoms with Gasteiger partial charge in [0.05, 0.1) is 6.20 Å². The summed E-state index contributed by atoms with van der Waals surface area (Å²) in [6.45, 7) is 3.08. The van der Waals surface area contributed by atoms with Crippen molar-refractivity contribution in [3.05, 3.63) is 29.8 Å². The molecular formula is C12H19FN2S. The SMILES string of the molecule is CCCNC(CCSC)c1cncc(F)c1. The van der Waals surface area contributed by atoms with Gasteiger partial charge in [-0.1, -0.05) is 6.92 Å². The molecule has 0 aliphatic rings. The van der Waals surface area contributed by atoms with Crippen LogP contribution in [0.15, 0.2) is 18.5 Å². The van der Waals surface area contributed by atoms with Gasteiger partial charge >= 0.3 is 0 Å². The molecule has 0 saturated carbocycles. The summed E-state index contributed by atoms with van der Waals surface area (Å²) < 4.78 is 13.1. The Morgan fingerprint density at radius 1 is 1.50 bits per heavy atom. The van der Waals surface area contributed by atoms with Crippen LogP contribution in [0.3, 0.4) is 0 Å². The largest absolute Gasteiger partial charge is 0.310 e. The minimum absolute atomic E-state index is 0.218. The van der Waals surface area contributed by atoms with E-state index in [1.165, 1.54) is 6.20 Å². The molecule has 0 radical (unpaired) electrons. The van der Waals surface area contributed by atoms with Crippen LogP contribution in [0.4, 0.5) is 4.39 Å². The molecule has 0 aliphatic heterocycles. The van der Waals surface area contributed by atoms with Crippen molar-refractivity contribution in [3.63, 3.8) is 0 Å². The van der Waals surface area contributed by atoms with E-state index in [0.29, 0.717) is 0 Å². The van der Waals surface area contributed by atoms with Crippen LogP contribution in [0.25, 0.3) is 0 Å². The number of rotatable bonds is 7. The van der Waals surface area contributed by atoms with Gasteiger partial charge in [0, 0.05) is 12.2 Å². The Morgan fingerprint density at radius 2 is 2.31 bits per heavy atom.